The Labute approximate surface area is 115 Å². The Morgan fingerprint density at radius 1 is 1.37 bits per heavy atom. The van der Waals surface area contributed by atoms with Gasteiger partial charge in [0, 0.05) is 6.04 Å². The highest BCUT2D eigenvalue weighted by Gasteiger charge is 2.15. The lowest BCUT2D eigenvalue weighted by Gasteiger charge is -2.16. The molecule has 19 heavy (non-hydrogen) atoms. The second kappa shape index (κ2) is 7.25. The number of benzene rings is 1. The first-order valence-electron chi connectivity index (χ1n) is 6.85. The van der Waals surface area contributed by atoms with Crippen LogP contribution < -0.4 is 5.32 Å². The van der Waals surface area contributed by atoms with Crippen LogP contribution in [0, 0.1) is 22.6 Å². The minimum absolute atomic E-state index is 0.152. The zero-order chi connectivity index (χ0) is 14.3. The lowest BCUT2D eigenvalue weighted by molar-refractivity contribution is 0.417. The predicted octanol–water partition coefficient (Wildman–Crippen LogP) is 4.20. The van der Waals surface area contributed by atoms with Gasteiger partial charge in [-0.25, -0.2) is 4.39 Å². The molecule has 0 heterocycles. The lowest BCUT2D eigenvalue weighted by Crippen LogP contribution is -2.20. The SMILES string of the molecule is CC(NCCCCC(C)(C)C#N)c1cccc(F)c1. The molecule has 0 bridgehead atoms. The van der Waals surface area contributed by atoms with Crippen molar-refractivity contribution in [3.63, 3.8) is 0 Å². The van der Waals surface area contributed by atoms with Crippen LogP contribution in [-0.4, -0.2) is 6.54 Å². The maximum atomic E-state index is 13.1. The van der Waals surface area contributed by atoms with E-state index in [0.29, 0.717) is 0 Å². The van der Waals surface area contributed by atoms with Gasteiger partial charge in [-0.2, -0.15) is 5.26 Å². The Balaban J connectivity index is 2.25. The van der Waals surface area contributed by atoms with Crippen molar-refractivity contribution in [1.29, 1.82) is 5.26 Å². The number of nitrogens with one attached hydrogen (secondary N) is 1. The summed E-state index contributed by atoms with van der Waals surface area (Å²) in [6.07, 6.45) is 2.98. The van der Waals surface area contributed by atoms with Crippen molar-refractivity contribution in [2.24, 2.45) is 5.41 Å². The molecular weight excluding hydrogens is 239 g/mol. The predicted molar refractivity (Wildman–Crippen MR) is 76.1 cm³/mol. The molecule has 0 aliphatic carbocycles. The number of rotatable bonds is 7. The summed E-state index contributed by atoms with van der Waals surface area (Å²) in [6, 6.07) is 9.15. The molecule has 0 spiro atoms. The van der Waals surface area contributed by atoms with Gasteiger partial charge < -0.3 is 5.32 Å². The number of nitriles is 1. The normalized spacial score (nSPS) is 13.0. The average Bonchev–Trinajstić information content (AvgIpc) is 2.38. The van der Waals surface area contributed by atoms with E-state index in [0.717, 1.165) is 31.4 Å². The number of hydrogen-bond acceptors (Lipinski definition) is 2. The van der Waals surface area contributed by atoms with Crippen LogP contribution in [0.2, 0.25) is 0 Å². The molecule has 0 amide bonds. The van der Waals surface area contributed by atoms with Gasteiger partial charge in [-0.15, -0.1) is 0 Å². The maximum Gasteiger partial charge on any atom is 0.123 e. The largest absolute Gasteiger partial charge is 0.310 e. The third-order valence-corrected chi connectivity index (χ3v) is 3.33. The Bertz CT molecular complexity index is 435. The summed E-state index contributed by atoms with van der Waals surface area (Å²) in [5.74, 6) is -0.193. The van der Waals surface area contributed by atoms with E-state index in [1.54, 1.807) is 12.1 Å². The molecule has 3 heteroatoms. The summed E-state index contributed by atoms with van der Waals surface area (Å²) < 4.78 is 13.1. The van der Waals surface area contributed by atoms with Crippen molar-refractivity contribution in [3.05, 3.63) is 35.6 Å². The summed E-state index contributed by atoms with van der Waals surface area (Å²) in [4.78, 5) is 0. The first-order chi connectivity index (χ1) is 8.94. The zero-order valence-electron chi connectivity index (χ0n) is 12.0. The van der Waals surface area contributed by atoms with Gasteiger partial charge in [0.25, 0.3) is 0 Å². The van der Waals surface area contributed by atoms with Gasteiger partial charge in [-0.05, 0) is 57.9 Å². The second-order valence-corrected chi connectivity index (χ2v) is 5.68. The fourth-order valence-electron chi connectivity index (χ4n) is 1.96. The molecular formula is C16H23FN2. The summed E-state index contributed by atoms with van der Waals surface area (Å²) in [6.45, 7) is 6.86. The first-order valence-corrected chi connectivity index (χ1v) is 6.85. The van der Waals surface area contributed by atoms with Crippen LogP contribution in [0.15, 0.2) is 24.3 Å². The smallest absolute Gasteiger partial charge is 0.123 e. The summed E-state index contributed by atoms with van der Waals surface area (Å²) in [5, 5.41) is 12.3. The third kappa shape index (κ3) is 5.85. The summed E-state index contributed by atoms with van der Waals surface area (Å²) in [7, 11) is 0. The van der Waals surface area contributed by atoms with Crippen LogP contribution >= 0.6 is 0 Å². The molecule has 1 aromatic rings. The van der Waals surface area contributed by atoms with Crippen molar-refractivity contribution < 1.29 is 4.39 Å². The molecule has 0 radical (unpaired) electrons. The topological polar surface area (TPSA) is 35.8 Å². The van der Waals surface area contributed by atoms with E-state index < -0.39 is 0 Å². The molecule has 1 unspecified atom stereocenters. The minimum atomic E-state index is -0.228. The van der Waals surface area contributed by atoms with Gasteiger partial charge in [0.2, 0.25) is 0 Å². The minimum Gasteiger partial charge on any atom is -0.310 e. The second-order valence-electron chi connectivity index (χ2n) is 5.68. The molecule has 0 aliphatic heterocycles. The highest BCUT2D eigenvalue weighted by Crippen LogP contribution is 2.21. The third-order valence-electron chi connectivity index (χ3n) is 3.33. The Hall–Kier alpha value is -1.40. The van der Waals surface area contributed by atoms with E-state index in [1.165, 1.54) is 6.07 Å². The van der Waals surface area contributed by atoms with E-state index in [2.05, 4.69) is 11.4 Å². The Morgan fingerprint density at radius 3 is 2.74 bits per heavy atom. The van der Waals surface area contributed by atoms with Gasteiger partial charge >= 0.3 is 0 Å². The number of hydrogen-bond donors (Lipinski definition) is 1. The fraction of sp³-hybridized carbons (Fsp3) is 0.562. The first kappa shape index (κ1) is 15.7. The molecule has 0 saturated heterocycles. The van der Waals surface area contributed by atoms with Crippen molar-refractivity contribution >= 4 is 0 Å². The molecule has 1 rings (SSSR count). The van der Waals surface area contributed by atoms with Crippen LogP contribution in [0.4, 0.5) is 4.39 Å². The molecule has 2 nitrogen and oxygen atoms in total. The quantitative estimate of drug-likeness (QED) is 0.748. The molecule has 0 saturated carbocycles. The fourth-order valence-corrected chi connectivity index (χ4v) is 1.96. The zero-order valence-corrected chi connectivity index (χ0v) is 12.0. The molecule has 0 aromatic heterocycles. The van der Waals surface area contributed by atoms with Gasteiger partial charge in [0.1, 0.15) is 5.82 Å². The molecule has 0 aliphatic rings. The van der Waals surface area contributed by atoms with Crippen molar-refractivity contribution in [2.75, 3.05) is 6.54 Å². The van der Waals surface area contributed by atoms with Crippen LogP contribution in [0.3, 0.4) is 0 Å². The molecule has 0 fully saturated rings. The highest BCUT2D eigenvalue weighted by atomic mass is 19.1. The highest BCUT2D eigenvalue weighted by molar-refractivity contribution is 5.19. The van der Waals surface area contributed by atoms with E-state index in [4.69, 9.17) is 5.26 Å². The van der Waals surface area contributed by atoms with E-state index in [9.17, 15) is 4.39 Å². The van der Waals surface area contributed by atoms with E-state index in [-0.39, 0.29) is 17.3 Å². The maximum absolute atomic E-state index is 13.1. The molecule has 1 aromatic carbocycles. The van der Waals surface area contributed by atoms with Gasteiger partial charge in [-0.3, -0.25) is 0 Å². The van der Waals surface area contributed by atoms with Gasteiger partial charge in [0.05, 0.1) is 11.5 Å². The lowest BCUT2D eigenvalue weighted by atomic mass is 9.89. The summed E-state index contributed by atoms with van der Waals surface area (Å²) >= 11 is 0. The van der Waals surface area contributed by atoms with Crippen LogP contribution in [0.25, 0.3) is 0 Å². The molecule has 104 valence electrons. The monoisotopic (exact) mass is 262 g/mol. The summed E-state index contributed by atoms with van der Waals surface area (Å²) in [5.41, 5.74) is 0.742. The number of halogens is 1. The van der Waals surface area contributed by atoms with Crippen LogP contribution in [0.1, 0.15) is 51.6 Å². The van der Waals surface area contributed by atoms with Crippen LogP contribution in [0.5, 0.6) is 0 Å². The van der Waals surface area contributed by atoms with Crippen molar-refractivity contribution in [1.82, 2.24) is 5.32 Å². The molecule has 1 atom stereocenters. The van der Waals surface area contributed by atoms with Gasteiger partial charge in [-0.1, -0.05) is 18.6 Å². The average molecular weight is 262 g/mol. The standard InChI is InChI=1S/C16H23FN2/c1-13(14-7-6-8-15(17)11-14)19-10-5-4-9-16(2,3)12-18/h6-8,11,13,19H,4-5,9-10H2,1-3H3. The number of nitrogens with zero attached hydrogens (tertiary/aromatic N) is 1. The Morgan fingerprint density at radius 2 is 2.11 bits per heavy atom. The van der Waals surface area contributed by atoms with Crippen molar-refractivity contribution in [2.45, 2.75) is 46.1 Å². The molecule has 1 N–H and O–H groups in total. The van der Waals surface area contributed by atoms with E-state index >= 15 is 0 Å². The van der Waals surface area contributed by atoms with Crippen LogP contribution in [-0.2, 0) is 0 Å². The van der Waals surface area contributed by atoms with E-state index in [1.807, 2.05) is 26.8 Å². The Kier molecular flexibility index (Phi) is 5.98. The number of unbranched alkanes of at least 4 members (excludes halogenated alkanes) is 1. The van der Waals surface area contributed by atoms with Crippen molar-refractivity contribution in [3.8, 4) is 6.07 Å². The van der Waals surface area contributed by atoms with Gasteiger partial charge in [0.15, 0.2) is 0 Å².